The van der Waals surface area contributed by atoms with Gasteiger partial charge in [0.1, 0.15) is 0 Å². The summed E-state index contributed by atoms with van der Waals surface area (Å²) in [5.74, 6) is 2.28. The van der Waals surface area contributed by atoms with Crippen molar-refractivity contribution in [2.45, 2.75) is 12.7 Å². The van der Waals surface area contributed by atoms with Gasteiger partial charge in [-0.15, -0.1) is 11.8 Å². The number of rotatable bonds is 10. The lowest BCUT2D eigenvalue weighted by molar-refractivity contribution is -0.118. The maximum absolute atomic E-state index is 12.2. The largest absolute Gasteiger partial charge is 0.493 e. The number of carbonyl (C=O) groups excluding carboxylic acids is 2. The molecule has 0 bridgehead atoms. The van der Waals surface area contributed by atoms with E-state index in [2.05, 4.69) is 20.8 Å². The average molecular weight is 442 g/mol. The molecule has 3 rings (SSSR count). The van der Waals surface area contributed by atoms with Crippen LogP contribution in [0.25, 0.3) is 0 Å². The SMILES string of the molecule is COc1ccccc1OCC(=O)Nc1cccc(NC(=O)CSCc2noc(C)n2)c1. The van der Waals surface area contributed by atoms with Gasteiger partial charge in [-0.25, -0.2) is 0 Å². The maximum Gasteiger partial charge on any atom is 0.262 e. The smallest absolute Gasteiger partial charge is 0.262 e. The van der Waals surface area contributed by atoms with Gasteiger partial charge < -0.3 is 24.6 Å². The Labute approximate surface area is 183 Å². The number of ether oxygens (including phenoxy) is 2. The molecule has 9 nitrogen and oxygen atoms in total. The minimum absolute atomic E-state index is 0.173. The lowest BCUT2D eigenvalue weighted by Crippen LogP contribution is -2.20. The highest BCUT2D eigenvalue weighted by Gasteiger charge is 2.09. The quantitative estimate of drug-likeness (QED) is 0.492. The number of hydrogen-bond donors (Lipinski definition) is 2. The van der Waals surface area contributed by atoms with E-state index in [9.17, 15) is 9.59 Å². The zero-order valence-corrected chi connectivity index (χ0v) is 17.9. The molecule has 0 spiro atoms. The molecular weight excluding hydrogens is 420 g/mol. The van der Waals surface area contributed by atoms with E-state index in [4.69, 9.17) is 14.0 Å². The predicted octanol–water partition coefficient (Wildman–Crippen LogP) is 3.28. The van der Waals surface area contributed by atoms with Crippen molar-refractivity contribution in [3.05, 3.63) is 60.2 Å². The number of benzene rings is 2. The number of methoxy groups -OCH3 is 1. The van der Waals surface area contributed by atoms with E-state index >= 15 is 0 Å². The molecule has 0 aliphatic heterocycles. The number of nitrogens with zero attached hydrogens (tertiary/aromatic N) is 2. The standard InChI is InChI=1S/C21H22N4O5S/c1-14-22-19(25-30-14)12-31-13-21(27)24-16-7-5-6-15(10-16)23-20(26)11-29-18-9-4-3-8-17(18)28-2/h3-10H,11-13H2,1-2H3,(H,23,26)(H,24,27). The number of nitrogens with one attached hydrogen (secondary N) is 2. The Balaban J connectivity index is 1.45. The summed E-state index contributed by atoms with van der Waals surface area (Å²) in [7, 11) is 1.53. The van der Waals surface area contributed by atoms with Crippen LogP contribution in [0.5, 0.6) is 11.5 Å². The van der Waals surface area contributed by atoms with Gasteiger partial charge in [0.2, 0.25) is 11.8 Å². The van der Waals surface area contributed by atoms with Crippen LogP contribution in [-0.2, 0) is 15.3 Å². The van der Waals surface area contributed by atoms with Gasteiger partial charge in [-0.3, -0.25) is 9.59 Å². The van der Waals surface area contributed by atoms with Crippen LogP contribution >= 0.6 is 11.8 Å². The summed E-state index contributed by atoms with van der Waals surface area (Å²) in [6.45, 7) is 1.54. The molecule has 0 atom stereocenters. The molecule has 2 N–H and O–H groups in total. The van der Waals surface area contributed by atoms with Gasteiger partial charge in [0.15, 0.2) is 23.9 Å². The summed E-state index contributed by atoms with van der Waals surface area (Å²) < 4.78 is 15.6. The number of anilines is 2. The minimum atomic E-state index is -0.333. The molecule has 0 saturated carbocycles. The van der Waals surface area contributed by atoms with Crippen LogP contribution in [0.3, 0.4) is 0 Å². The Hall–Kier alpha value is -3.53. The minimum Gasteiger partial charge on any atom is -0.493 e. The lowest BCUT2D eigenvalue weighted by Gasteiger charge is -2.11. The van der Waals surface area contributed by atoms with E-state index < -0.39 is 0 Å². The van der Waals surface area contributed by atoms with E-state index in [0.29, 0.717) is 40.3 Å². The highest BCUT2D eigenvalue weighted by atomic mass is 32.2. The zero-order valence-electron chi connectivity index (χ0n) is 17.1. The van der Waals surface area contributed by atoms with Crippen molar-refractivity contribution in [1.29, 1.82) is 0 Å². The summed E-state index contributed by atoms with van der Waals surface area (Å²) in [5, 5.41) is 9.32. The van der Waals surface area contributed by atoms with E-state index in [1.165, 1.54) is 18.9 Å². The van der Waals surface area contributed by atoms with Gasteiger partial charge >= 0.3 is 0 Å². The maximum atomic E-state index is 12.2. The Morgan fingerprint density at radius 3 is 2.42 bits per heavy atom. The molecule has 0 aliphatic rings. The van der Waals surface area contributed by atoms with Gasteiger partial charge in [-0.05, 0) is 30.3 Å². The van der Waals surface area contributed by atoms with Gasteiger partial charge in [0.05, 0.1) is 18.6 Å². The molecule has 31 heavy (non-hydrogen) atoms. The van der Waals surface area contributed by atoms with Crippen molar-refractivity contribution in [1.82, 2.24) is 10.1 Å². The molecule has 1 aromatic heterocycles. The first-order chi connectivity index (χ1) is 15.0. The Kier molecular flexibility index (Phi) is 7.88. The van der Waals surface area contributed by atoms with E-state index in [-0.39, 0.29) is 24.2 Å². The average Bonchev–Trinajstić information content (AvgIpc) is 3.17. The fraction of sp³-hybridized carbons (Fsp3) is 0.238. The third-order valence-corrected chi connectivity index (χ3v) is 4.82. The number of aromatic nitrogens is 2. The van der Waals surface area contributed by atoms with Crippen LogP contribution in [0.15, 0.2) is 53.1 Å². The van der Waals surface area contributed by atoms with Crippen LogP contribution in [0.1, 0.15) is 11.7 Å². The molecular formula is C21H22N4O5S. The summed E-state index contributed by atoms with van der Waals surface area (Å²) >= 11 is 1.38. The van der Waals surface area contributed by atoms with Gasteiger partial charge in [0.25, 0.3) is 5.91 Å². The predicted molar refractivity (Wildman–Crippen MR) is 117 cm³/mol. The molecule has 2 aromatic carbocycles. The van der Waals surface area contributed by atoms with Crippen LogP contribution in [0.2, 0.25) is 0 Å². The van der Waals surface area contributed by atoms with E-state index in [0.717, 1.165) is 0 Å². The second-order valence-corrected chi connectivity index (χ2v) is 7.32. The molecule has 0 aliphatic carbocycles. The molecule has 0 radical (unpaired) electrons. The lowest BCUT2D eigenvalue weighted by atomic mass is 10.2. The number of hydrogen-bond acceptors (Lipinski definition) is 8. The summed E-state index contributed by atoms with van der Waals surface area (Å²) in [6.07, 6.45) is 0. The van der Waals surface area contributed by atoms with Crippen molar-refractivity contribution < 1.29 is 23.6 Å². The third-order valence-electron chi connectivity index (χ3n) is 3.89. The van der Waals surface area contributed by atoms with Crippen LogP contribution < -0.4 is 20.1 Å². The van der Waals surface area contributed by atoms with Crippen molar-refractivity contribution in [3.8, 4) is 11.5 Å². The van der Waals surface area contributed by atoms with Crippen molar-refractivity contribution in [2.75, 3.05) is 30.1 Å². The van der Waals surface area contributed by atoms with Gasteiger partial charge in [-0.1, -0.05) is 23.4 Å². The Bertz CT molecular complexity index is 1040. The van der Waals surface area contributed by atoms with Crippen LogP contribution in [0, 0.1) is 6.92 Å². The summed E-state index contributed by atoms with van der Waals surface area (Å²) in [4.78, 5) is 28.4. The molecule has 0 saturated heterocycles. The molecule has 10 heteroatoms. The molecule has 0 unspecified atom stereocenters. The second-order valence-electron chi connectivity index (χ2n) is 6.34. The first-order valence-corrected chi connectivity index (χ1v) is 10.5. The zero-order chi connectivity index (χ0) is 22.1. The van der Waals surface area contributed by atoms with Crippen LogP contribution in [0.4, 0.5) is 11.4 Å². The first-order valence-electron chi connectivity index (χ1n) is 9.36. The second kappa shape index (κ2) is 11.0. The van der Waals surface area contributed by atoms with Crippen molar-refractivity contribution >= 4 is 35.0 Å². The monoisotopic (exact) mass is 442 g/mol. The van der Waals surface area contributed by atoms with Gasteiger partial charge in [-0.2, -0.15) is 4.98 Å². The Morgan fingerprint density at radius 2 is 1.74 bits per heavy atom. The molecule has 3 aromatic rings. The normalized spacial score (nSPS) is 10.4. The fourth-order valence-corrected chi connectivity index (χ4v) is 3.24. The summed E-state index contributed by atoms with van der Waals surface area (Å²) in [5.41, 5.74) is 1.12. The van der Waals surface area contributed by atoms with Crippen LogP contribution in [-0.4, -0.2) is 41.4 Å². The molecule has 162 valence electrons. The topological polar surface area (TPSA) is 116 Å². The number of aryl methyl sites for hydroxylation is 1. The highest BCUT2D eigenvalue weighted by Crippen LogP contribution is 2.25. The van der Waals surface area contributed by atoms with E-state index in [1.54, 1.807) is 49.4 Å². The third kappa shape index (κ3) is 7.03. The number of thioether (sulfide) groups is 1. The first kappa shape index (κ1) is 22.2. The van der Waals surface area contributed by atoms with E-state index in [1.807, 2.05) is 6.07 Å². The van der Waals surface area contributed by atoms with Crippen molar-refractivity contribution in [2.24, 2.45) is 0 Å². The molecule has 2 amide bonds. The summed E-state index contributed by atoms with van der Waals surface area (Å²) in [6, 6.07) is 14.0. The number of para-hydroxylation sites is 2. The number of carbonyl (C=O) groups is 2. The van der Waals surface area contributed by atoms with Gasteiger partial charge in [0, 0.05) is 18.3 Å². The molecule has 1 heterocycles. The highest BCUT2D eigenvalue weighted by molar-refractivity contribution is 7.99. The van der Waals surface area contributed by atoms with Crippen molar-refractivity contribution in [3.63, 3.8) is 0 Å². The molecule has 0 fully saturated rings. The Morgan fingerprint density at radius 1 is 1.03 bits per heavy atom. The fourth-order valence-electron chi connectivity index (χ4n) is 2.59. The number of amides is 2.